The van der Waals surface area contributed by atoms with Crippen LogP contribution in [0.3, 0.4) is 0 Å². The van der Waals surface area contributed by atoms with Gasteiger partial charge in [-0.15, -0.1) is 0 Å². The maximum absolute atomic E-state index is 12.5. The maximum Gasteiger partial charge on any atom is 0.326 e. The minimum absolute atomic E-state index is 0.114. The average Bonchev–Trinajstić information content (AvgIpc) is 2.49. The van der Waals surface area contributed by atoms with Crippen LogP contribution in [-0.4, -0.2) is 38.0 Å². The van der Waals surface area contributed by atoms with Gasteiger partial charge in [0.05, 0.1) is 4.90 Å². The maximum atomic E-state index is 12.5. The molecular weight excluding hydrogens is 356 g/mol. The van der Waals surface area contributed by atoms with Crippen molar-refractivity contribution in [2.45, 2.75) is 51.5 Å². The summed E-state index contributed by atoms with van der Waals surface area (Å²) in [7, 11) is -3.75. The van der Waals surface area contributed by atoms with Crippen LogP contribution in [0.4, 0.5) is 0 Å². The predicted octanol–water partition coefficient (Wildman–Crippen LogP) is 1.82. The van der Waals surface area contributed by atoms with E-state index in [0.29, 0.717) is 11.1 Å². The zero-order valence-corrected chi connectivity index (χ0v) is 16.3. The lowest BCUT2D eigenvalue weighted by Gasteiger charge is -2.14. The fourth-order valence-corrected chi connectivity index (χ4v) is 4.20. The lowest BCUT2D eigenvalue weighted by Crippen LogP contribution is -2.41. The average molecular weight is 382 g/mol. The molecule has 0 aliphatic carbocycles. The molecule has 26 heavy (non-hydrogen) atoms. The lowest BCUT2D eigenvalue weighted by molar-refractivity contribution is -0.141. The zero-order chi connectivity index (χ0) is 19.9. The first-order valence-electron chi connectivity index (χ1n) is 8.29. The van der Waals surface area contributed by atoms with E-state index in [1.165, 1.54) is 0 Å². The van der Waals surface area contributed by atoms with E-state index < -0.39 is 27.9 Å². The molecule has 0 heterocycles. The van der Waals surface area contributed by atoms with Gasteiger partial charge in [0.25, 0.3) is 0 Å². The molecule has 0 saturated heterocycles. The largest absolute Gasteiger partial charge is 0.480 e. The summed E-state index contributed by atoms with van der Waals surface area (Å²) in [5, 5.41) is 11.5. The van der Waals surface area contributed by atoms with E-state index in [2.05, 4.69) is 10.0 Å². The molecule has 8 heteroatoms. The molecule has 1 amide bonds. The zero-order valence-electron chi connectivity index (χ0n) is 15.5. The molecule has 0 saturated carbocycles. The van der Waals surface area contributed by atoms with Crippen LogP contribution in [-0.2, 0) is 19.6 Å². The number of carbonyl (C=O) groups excluding carboxylic acids is 1. The van der Waals surface area contributed by atoms with Gasteiger partial charge in [-0.1, -0.05) is 29.8 Å². The number of hydrogen-bond acceptors (Lipinski definition) is 4. The fraction of sp³-hybridized carbons (Fsp3) is 0.444. The van der Waals surface area contributed by atoms with Gasteiger partial charge in [0.1, 0.15) is 6.04 Å². The summed E-state index contributed by atoms with van der Waals surface area (Å²) in [5.41, 5.74) is 2.24. The first kappa shape index (κ1) is 21.9. The van der Waals surface area contributed by atoms with Gasteiger partial charge < -0.3 is 10.4 Å². The van der Waals surface area contributed by atoms with Crippen molar-refractivity contribution in [1.29, 1.82) is 0 Å². The Bertz CT molecular complexity index is 777. The van der Waals surface area contributed by atoms with Crippen LogP contribution >= 0.6 is 0 Å². The van der Waals surface area contributed by atoms with Crippen molar-refractivity contribution in [3.63, 3.8) is 0 Å². The Hall–Kier alpha value is -2.19. The minimum atomic E-state index is -3.75. The van der Waals surface area contributed by atoms with Crippen molar-refractivity contribution >= 4 is 21.9 Å². The van der Waals surface area contributed by atoms with Crippen molar-refractivity contribution in [3.05, 3.63) is 41.0 Å². The molecule has 3 N–H and O–H groups in total. The van der Waals surface area contributed by atoms with Crippen molar-refractivity contribution < 1.29 is 23.1 Å². The van der Waals surface area contributed by atoms with Crippen molar-refractivity contribution in [3.8, 4) is 0 Å². The Kier molecular flexibility index (Phi) is 7.98. The summed E-state index contributed by atoms with van der Waals surface area (Å²) in [6.07, 6.45) is 3.36. The highest BCUT2D eigenvalue weighted by Crippen LogP contribution is 2.21. The molecule has 1 aromatic rings. The molecular formula is C18H26N2O5S. The van der Waals surface area contributed by atoms with E-state index >= 15 is 0 Å². The summed E-state index contributed by atoms with van der Waals surface area (Å²) >= 11 is 0. The second-order valence-electron chi connectivity index (χ2n) is 6.14. The van der Waals surface area contributed by atoms with Gasteiger partial charge in [-0.25, -0.2) is 17.9 Å². The second-order valence-corrected chi connectivity index (χ2v) is 7.84. The molecule has 0 aromatic heterocycles. The number of nitrogens with one attached hydrogen (secondary N) is 2. The number of allylic oxidation sites excluding steroid dienone is 1. The number of amides is 1. The molecule has 7 nitrogen and oxygen atoms in total. The number of carbonyl (C=O) groups is 2. The fourth-order valence-electron chi connectivity index (χ4n) is 2.72. The predicted molar refractivity (Wildman–Crippen MR) is 99.5 cm³/mol. The molecule has 0 aliphatic rings. The molecule has 1 rings (SSSR count). The Morgan fingerprint density at radius 2 is 1.77 bits per heavy atom. The number of carboxylic acids is 1. The van der Waals surface area contributed by atoms with E-state index in [0.717, 1.165) is 5.56 Å². The van der Waals surface area contributed by atoms with Crippen LogP contribution in [0.2, 0.25) is 0 Å². The first-order chi connectivity index (χ1) is 12.1. The molecule has 0 fully saturated rings. The third kappa shape index (κ3) is 6.27. The van der Waals surface area contributed by atoms with Crippen LogP contribution in [0.15, 0.2) is 29.2 Å². The third-order valence-electron chi connectivity index (χ3n) is 3.76. The number of aliphatic carboxylic acids is 1. The van der Waals surface area contributed by atoms with Gasteiger partial charge >= 0.3 is 5.97 Å². The van der Waals surface area contributed by atoms with Crippen LogP contribution in [0.25, 0.3) is 0 Å². The standard InChI is InChI=1S/C18H26N2O5S/c1-5-6-7-15(18(22)23)20-16(21)8-9-19-26(24,25)17-13(3)10-12(2)11-14(17)4/h5-6,10-11,15,19H,7-9H2,1-4H3,(H,20,21)(H,22,23)/b6-5+. The summed E-state index contributed by atoms with van der Waals surface area (Å²) < 4.78 is 27.4. The van der Waals surface area contributed by atoms with Gasteiger partial charge in [-0.3, -0.25) is 4.79 Å². The molecule has 1 atom stereocenters. The van der Waals surface area contributed by atoms with Gasteiger partial charge in [-0.05, 0) is 45.2 Å². The van der Waals surface area contributed by atoms with Gasteiger partial charge in [0.15, 0.2) is 0 Å². The van der Waals surface area contributed by atoms with Crippen LogP contribution < -0.4 is 10.0 Å². The van der Waals surface area contributed by atoms with E-state index in [9.17, 15) is 18.0 Å². The molecule has 0 bridgehead atoms. The van der Waals surface area contributed by atoms with E-state index in [-0.39, 0.29) is 24.3 Å². The minimum Gasteiger partial charge on any atom is -0.480 e. The van der Waals surface area contributed by atoms with Crippen molar-refractivity contribution in [2.24, 2.45) is 0 Å². The molecule has 0 aliphatic heterocycles. The van der Waals surface area contributed by atoms with Gasteiger partial charge in [-0.2, -0.15) is 0 Å². The molecule has 144 valence electrons. The third-order valence-corrected chi connectivity index (χ3v) is 5.52. The Balaban J connectivity index is 2.69. The SMILES string of the molecule is C/C=C/CC(NC(=O)CCNS(=O)(=O)c1c(C)cc(C)cc1C)C(=O)O. The normalized spacial score (nSPS) is 12.9. The van der Waals surface area contributed by atoms with Crippen molar-refractivity contribution in [1.82, 2.24) is 10.0 Å². The molecule has 1 aromatic carbocycles. The van der Waals surface area contributed by atoms with Crippen molar-refractivity contribution in [2.75, 3.05) is 6.54 Å². The number of benzene rings is 1. The Morgan fingerprint density at radius 3 is 2.27 bits per heavy atom. The van der Waals surface area contributed by atoms with Crippen LogP contribution in [0.1, 0.15) is 36.5 Å². The monoisotopic (exact) mass is 382 g/mol. The number of rotatable bonds is 9. The molecule has 1 unspecified atom stereocenters. The van der Waals surface area contributed by atoms with Crippen LogP contribution in [0, 0.1) is 20.8 Å². The summed E-state index contributed by atoms with van der Waals surface area (Å²) in [6, 6.07) is 2.54. The number of hydrogen-bond donors (Lipinski definition) is 3. The second kappa shape index (κ2) is 9.49. The van der Waals surface area contributed by atoms with E-state index in [4.69, 9.17) is 5.11 Å². The highest BCUT2D eigenvalue weighted by Gasteiger charge is 2.21. The highest BCUT2D eigenvalue weighted by atomic mass is 32.2. The molecule has 0 spiro atoms. The highest BCUT2D eigenvalue weighted by molar-refractivity contribution is 7.89. The molecule has 0 radical (unpaired) electrons. The Labute approximate surface area is 154 Å². The van der Waals surface area contributed by atoms with Gasteiger partial charge in [0.2, 0.25) is 15.9 Å². The first-order valence-corrected chi connectivity index (χ1v) is 9.77. The summed E-state index contributed by atoms with van der Waals surface area (Å²) in [6.45, 7) is 6.97. The van der Waals surface area contributed by atoms with Gasteiger partial charge in [0, 0.05) is 13.0 Å². The smallest absolute Gasteiger partial charge is 0.326 e. The number of sulfonamides is 1. The number of aryl methyl sites for hydroxylation is 3. The Morgan fingerprint density at radius 1 is 1.19 bits per heavy atom. The van der Waals surface area contributed by atoms with Crippen LogP contribution in [0.5, 0.6) is 0 Å². The summed E-state index contributed by atoms with van der Waals surface area (Å²) in [4.78, 5) is 23.2. The van der Waals surface area contributed by atoms with E-state index in [1.54, 1.807) is 45.1 Å². The summed E-state index contributed by atoms with van der Waals surface area (Å²) in [5.74, 6) is -1.66. The lowest BCUT2D eigenvalue weighted by atomic mass is 10.1. The topological polar surface area (TPSA) is 113 Å². The number of carboxylic acid groups (broad SMARTS) is 1. The quantitative estimate of drug-likeness (QED) is 0.564. The van der Waals surface area contributed by atoms with E-state index in [1.807, 2.05) is 6.92 Å².